The number of likely N-dealkylation sites (tertiary alicyclic amines) is 1. The summed E-state index contributed by atoms with van der Waals surface area (Å²) in [6.07, 6.45) is 5.29. The topological polar surface area (TPSA) is 71.3 Å². The highest BCUT2D eigenvalue weighted by Crippen LogP contribution is 2.30. The minimum Gasteiger partial charge on any atom is -0.366 e. The second kappa shape index (κ2) is 4.77. The molecule has 6 nitrogen and oxygen atoms in total. The predicted octanol–water partition coefficient (Wildman–Crippen LogP) is 1.95. The number of rotatable bonds is 4. The second-order valence-corrected chi connectivity index (χ2v) is 5.47. The number of hydrogen-bond acceptors (Lipinski definition) is 5. The summed E-state index contributed by atoms with van der Waals surface area (Å²) in [7, 11) is 0. The Kier molecular flexibility index (Phi) is 3.10. The Hall–Kier alpha value is -1.69. The summed E-state index contributed by atoms with van der Waals surface area (Å²) in [6.45, 7) is 3.85. The van der Waals surface area contributed by atoms with E-state index < -0.39 is 0 Å². The van der Waals surface area contributed by atoms with Gasteiger partial charge in [0, 0.05) is 36.9 Å². The van der Waals surface area contributed by atoms with Gasteiger partial charge in [-0.2, -0.15) is 0 Å². The van der Waals surface area contributed by atoms with Crippen molar-refractivity contribution in [3.8, 4) is 0 Å². The molecule has 3 rings (SSSR count). The molecule has 102 valence electrons. The molecule has 1 N–H and O–H groups in total. The largest absolute Gasteiger partial charge is 0.366 e. The Balaban J connectivity index is 1.66. The van der Waals surface area contributed by atoms with Gasteiger partial charge in [-0.05, 0) is 26.2 Å². The van der Waals surface area contributed by atoms with Crippen molar-refractivity contribution in [2.24, 2.45) is 0 Å². The molecular formula is C13H18N4O2. The zero-order chi connectivity index (χ0) is 13.4. The maximum absolute atomic E-state index is 10.9. The van der Waals surface area contributed by atoms with Crippen LogP contribution in [0.4, 0.5) is 11.5 Å². The highest BCUT2D eigenvalue weighted by Gasteiger charge is 2.34. The first kappa shape index (κ1) is 12.3. The number of hydrogen-bond donors (Lipinski definition) is 1. The van der Waals surface area contributed by atoms with E-state index in [1.54, 1.807) is 13.1 Å². The van der Waals surface area contributed by atoms with Crippen LogP contribution in [-0.2, 0) is 0 Å². The van der Waals surface area contributed by atoms with E-state index in [0.29, 0.717) is 17.4 Å². The third-order valence-electron chi connectivity index (χ3n) is 3.91. The molecule has 2 aliphatic rings. The number of aromatic nitrogens is 1. The molecule has 2 fully saturated rings. The molecule has 1 atom stereocenters. The van der Waals surface area contributed by atoms with E-state index in [0.717, 1.165) is 25.6 Å². The first-order chi connectivity index (χ1) is 9.13. The summed E-state index contributed by atoms with van der Waals surface area (Å²) >= 11 is 0. The zero-order valence-electron chi connectivity index (χ0n) is 11.0. The van der Waals surface area contributed by atoms with Gasteiger partial charge in [-0.25, -0.2) is 4.98 Å². The van der Waals surface area contributed by atoms with Gasteiger partial charge >= 0.3 is 0 Å². The maximum Gasteiger partial charge on any atom is 0.277 e. The van der Waals surface area contributed by atoms with Crippen LogP contribution < -0.4 is 5.32 Å². The molecule has 1 aliphatic carbocycles. The van der Waals surface area contributed by atoms with Crippen LogP contribution in [0.5, 0.6) is 0 Å². The van der Waals surface area contributed by atoms with Crippen molar-refractivity contribution in [3.63, 3.8) is 0 Å². The normalized spacial score (nSPS) is 23.5. The van der Waals surface area contributed by atoms with Crippen molar-refractivity contribution < 1.29 is 4.92 Å². The fourth-order valence-corrected chi connectivity index (χ4v) is 2.67. The van der Waals surface area contributed by atoms with Gasteiger partial charge in [0.15, 0.2) is 0 Å². The Bertz CT molecular complexity index is 501. The predicted molar refractivity (Wildman–Crippen MR) is 72.3 cm³/mol. The van der Waals surface area contributed by atoms with Crippen molar-refractivity contribution in [1.29, 1.82) is 0 Å². The minimum absolute atomic E-state index is 0.134. The molecule has 0 radical (unpaired) electrons. The Morgan fingerprint density at radius 1 is 1.47 bits per heavy atom. The summed E-state index contributed by atoms with van der Waals surface area (Å²) < 4.78 is 0. The quantitative estimate of drug-likeness (QED) is 0.663. The van der Waals surface area contributed by atoms with Gasteiger partial charge in [-0.1, -0.05) is 0 Å². The van der Waals surface area contributed by atoms with E-state index in [1.807, 2.05) is 0 Å². The van der Waals surface area contributed by atoms with E-state index in [1.165, 1.54) is 18.9 Å². The molecule has 0 spiro atoms. The number of nitro groups is 1. The van der Waals surface area contributed by atoms with Crippen LogP contribution in [0.15, 0.2) is 12.3 Å². The average molecular weight is 262 g/mol. The molecule has 1 saturated heterocycles. The van der Waals surface area contributed by atoms with Crippen LogP contribution in [0.1, 0.15) is 24.8 Å². The number of anilines is 1. The van der Waals surface area contributed by atoms with Crippen molar-refractivity contribution >= 4 is 11.5 Å². The number of aryl methyl sites for hydroxylation is 1. The fraction of sp³-hybridized carbons (Fsp3) is 0.615. The summed E-state index contributed by atoms with van der Waals surface area (Å²) in [5, 5.41) is 14.2. The Morgan fingerprint density at radius 2 is 2.26 bits per heavy atom. The molecule has 1 saturated carbocycles. The van der Waals surface area contributed by atoms with Crippen LogP contribution in [0.25, 0.3) is 0 Å². The molecule has 0 bridgehead atoms. The lowest BCUT2D eigenvalue weighted by Crippen LogP contribution is -2.28. The van der Waals surface area contributed by atoms with Crippen LogP contribution in [0, 0.1) is 17.0 Å². The van der Waals surface area contributed by atoms with Gasteiger partial charge in [-0.15, -0.1) is 0 Å². The molecule has 0 aromatic carbocycles. The summed E-state index contributed by atoms with van der Waals surface area (Å²) in [5.41, 5.74) is 0.733. The van der Waals surface area contributed by atoms with E-state index in [-0.39, 0.29) is 10.6 Å². The second-order valence-electron chi connectivity index (χ2n) is 5.47. The van der Waals surface area contributed by atoms with Gasteiger partial charge < -0.3 is 5.32 Å². The lowest BCUT2D eigenvalue weighted by Gasteiger charge is -2.16. The third-order valence-corrected chi connectivity index (χ3v) is 3.91. The minimum atomic E-state index is -0.354. The summed E-state index contributed by atoms with van der Waals surface area (Å²) in [5.74, 6) is 0.611. The first-order valence-electron chi connectivity index (χ1n) is 6.75. The summed E-state index contributed by atoms with van der Waals surface area (Å²) in [6, 6.07) is 2.68. The molecular weight excluding hydrogens is 244 g/mol. The smallest absolute Gasteiger partial charge is 0.277 e. The van der Waals surface area contributed by atoms with Gasteiger partial charge in [-0.3, -0.25) is 15.0 Å². The van der Waals surface area contributed by atoms with Crippen LogP contribution >= 0.6 is 0 Å². The highest BCUT2D eigenvalue weighted by molar-refractivity contribution is 5.49. The van der Waals surface area contributed by atoms with Crippen molar-refractivity contribution in [2.75, 3.05) is 18.4 Å². The van der Waals surface area contributed by atoms with Gasteiger partial charge in [0.2, 0.25) is 0 Å². The summed E-state index contributed by atoms with van der Waals surface area (Å²) in [4.78, 5) is 17.3. The average Bonchev–Trinajstić information content (AvgIpc) is 3.12. The monoisotopic (exact) mass is 262 g/mol. The fourth-order valence-electron chi connectivity index (χ4n) is 2.67. The van der Waals surface area contributed by atoms with E-state index in [2.05, 4.69) is 15.2 Å². The van der Waals surface area contributed by atoms with E-state index >= 15 is 0 Å². The molecule has 0 amide bonds. The Morgan fingerprint density at radius 3 is 2.95 bits per heavy atom. The van der Waals surface area contributed by atoms with E-state index in [4.69, 9.17) is 0 Å². The Labute approximate surface area is 112 Å². The number of nitrogens with zero attached hydrogens (tertiary/aromatic N) is 3. The maximum atomic E-state index is 10.9. The van der Waals surface area contributed by atoms with Crippen LogP contribution in [0.3, 0.4) is 0 Å². The van der Waals surface area contributed by atoms with Crippen LogP contribution in [-0.4, -0.2) is 40.0 Å². The lowest BCUT2D eigenvalue weighted by molar-refractivity contribution is -0.385. The van der Waals surface area contributed by atoms with Crippen molar-refractivity contribution in [1.82, 2.24) is 9.88 Å². The first-order valence-corrected chi connectivity index (χ1v) is 6.75. The van der Waals surface area contributed by atoms with Crippen LogP contribution in [0.2, 0.25) is 0 Å². The lowest BCUT2D eigenvalue weighted by atomic mass is 10.2. The van der Waals surface area contributed by atoms with Gasteiger partial charge in [0.05, 0.1) is 11.0 Å². The standard InChI is InChI=1S/C13H18N4O2/c1-9-7-14-13(6-12(9)17(18)19)15-10-4-5-16(8-10)11-2-3-11/h6-7,10-11H,2-5,8H2,1H3,(H,14,15). The molecule has 2 heterocycles. The SMILES string of the molecule is Cc1cnc(NC2CCN(C3CC3)C2)cc1[N+](=O)[O-]. The molecule has 1 aromatic heterocycles. The number of nitrogens with one attached hydrogen (secondary N) is 1. The molecule has 19 heavy (non-hydrogen) atoms. The molecule has 1 aliphatic heterocycles. The zero-order valence-corrected chi connectivity index (χ0v) is 11.0. The molecule has 1 aromatic rings. The van der Waals surface area contributed by atoms with Crippen molar-refractivity contribution in [2.45, 2.75) is 38.3 Å². The highest BCUT2D eigenvalue weighted by atomic mass is 16.6. The van der Waals surface area contributed by atoms with E-state index in [9.17, 15) is 10.1 Å². The van der Waals surface area contributed by atoms with Crippen molar-refractivity contribution in [3.05, 3.63) is 27.9 Å². The molecule has 6 heteroatoms. The third kappa shape index (κ3) is 2.68. The van der Waals surface area contributed by atoms with Gasteiger partial charge in [0.25, 0.3) is 5.69 Å². The van der Waals surface area contributed by atoms with Gasteiger partial charge in [0.1, 0.15) is 5.82 Å². The molecule has 1 unspecified atom stereocenters. The number of pyridine rings is 1.